The van der Waals surface area contributed by atoms with Gasteiger partial charge in [0.1, 0.15) is 0 Å². The van der Waals surface area contributed by atoms with Crippen molar-refractivity contribution in [1.82, 2.24) is 4.90 Å². The highest BCUT2D eigenvalue weighted by molar-refractivity contribution is 6.52. The van der Waals surface area contributed by atoms with Gasteiger partial charge < -0.3 is 14.4 Å². The summed E-state index contributed by atoms with van der Waals surface area (Å²) < 4.78 is 10.6. The van der Waals surface area contributed by atoms with Gasteiger partial charge in [0.05, 0.1) is 32.1 Å². The Kier molecular flexibility index (Phi) is 4.92. The van der Waals surface area contributed by atoms with Gasteiger partial charge in [-0.1, -0.05) is 18.2 Å². The molecule has 0 N–H and O–H groups in total. The molecule has 2 heterocycles. The normalized spacial score (nSPS) is 17.1. The lowest BCUT2D eigenvalue weighted by Crippen LogP contribution is -2.51. The van der Waals surface area contributed by atoms with Crippen LogP contribution in [0.15, 0.2) is 42.5 Å². The number of nitrogens with zero attached hydrogens (tertiary/aromatic N) is 3. The molecule has 0 radical (unpaired) electrons. The molecule has 0 spiro atoms. The summed E-state index contributed by atoms with van der Waals surface area (Å²) in [6.07, 6.45) is 0. The van der Waals surface area contributed by atoms with Crippen molar-refractivity contribution in [3.63, 3.8) is 0 Å². The number of ketones is 1. The van der Waals surface area contributed by atoms with E-state index in [9.17, 15) is 9.59 Å². The second kappa shape index (κ2) is 7.52. The molecular formula is C21H23N3O4. The lowest BCUT2D eigenvalue weighted by atomic mass is 10.1. The van der Waals surface area contributed by atoms with Gasteiger partial charge in [-0.3, -0.25) is 19.4 Å². The first kappa shape index (κ1) is 18.3. The van der Waals surface area contributed by atoms with E-state index in [0.29, 0.717) is 29.4 Å². The van der Waals surface area contributed by atoms with Gasteiger partial charge in [0.25, 0.3) is 5.78 Å². The van der Waals surface area contributed by atoms with Crippen molar-refractivity contribution in [1.29, 1.82) is 0 Å². The minimum atomic E-state index is -0.504. The molecule has 7 nitrogen and oxygen atoms in total. The molecule has 2 aliphatic heterocycles. The van der Waals surface area contributed by atoms with Crippen molar-refractivity contribution in [2.24, 2.45) is 0 Å². The summed E-state index contributed by atoms with van der Waals surface area (Å²) in [5.74, 6) is -0.0574. The number of benzene rings is 2. The molecule has 2 aromatic rings. The molecule has 0 bridgehead atoms. The number of ether oxygens (including phenoxy) is 2. The third-order valence-corrected chi connectivity index (χ3v) is 5.31. The van der Waals surface area contributed by atoms with Crippen molar-refractivity contribution in [3.8, 4) is 11.5 Å². The summed E-state index contributed by atoms with van der Waals surface area (Å²) >= 11 is 0. The average molecular weight is 381 g/mol. The van der Waals surface area contributed by atoms with Gasteiger partial charge in [-0.15, -0.1) is 0 Å². The number of hydrogen-bond acceptors (Lipinski definition) is 6. The number of hydrogen-bond donors (Lipinski definition) is 0. The molecule has 2 aliphatic rings. The molecule has 2 aromatic carbocycles. The quantitative estimate of drug-likeness (QED) is 0.739. The molecule has 0 aromatic heterocycles. The average Bonchev–Trinajstić information content (AvgIpc) is 2.98. The molecule has 1 amide bonds. The van der Waals surface area contributed by atoms with Crippen molar-refractivity contribution < 1.29 is 19.1 Å². The molecule has 0 atom stereocenters. The van der Waals surface area contributed by atoms with Gasteiger partial charge in [-0.25, -0.2) is 0 Å². The van der Waals surface area contributed by atoms with Gasteiger partial charge in [-0.05, 0) is 18.2 Å². The molecule has 28 heavy (non-hydrogen) atoms. The molecular weight excluding hydrogens is 358 g/mol. The van der Waals surface area contributed by atoms with E-state index in [4.69, 9.17) is 9.47 Å². The second-order valence-electron chi connectivity index (χ2n) is 6.87. The number of carbonyl (C=O) groups is 2. The van der Waals surface area contributed by atoms with Crippen molar-refractivity contribution in [2.75, 3.05) is 56.9 Å². The smallest absolute Gasteiger partial charge is 0.300 e. The number of para-hydroxylation sites is 1. The van der Waals surface area contributed by atoms with Crippen LogP contribution in [0.2, 0.25) is 0 Å². The molecule has 0 aliphatic carbocycles. The summed E-state index contributed by atoms with van der Waals surface area (Å²) in [5, 5.41) is 0. The predicted octanol–water partition coefficient (Wildman–Crippen LogP) is 2.01. The van der Waals surface area contributed by atoms with Gasteiger partial charge >= 0.3 is 5.91 Å². The maximum Gasteiger partial charge on any atom is 0.300 e. The van der Waals surface area contributed by atoms with Gasteiger partial charge in [0.15, 0.2) is 11.5 Å². The van der Waals surface area contributed by atoms with Crippen molar-refractivity contribution in [2.45, 2.75) is 0 Å². The fourth-order valence-electron chi connectivity index (χ4n) is 3.75. The number of carbonyl (C=O) groups excluding carboxylic acids is 2. The number of Topliss-reactive ketones (excluding diaryl/α,β-unsaturated/α-hetero) is 1. The van der Waals surface area contributed by atoms with Crippen LogP contribution >= 0.6 is 0 Å². The Bertz CT molecular complexity index is 892. The summed E-state index contributed by atoms with van der Waals surface area (Å²) in [4.78, 5) is 31.1. The predicted molar refractivity (Wildman–Crippen MR) is 106 cm³/mol. The fourth-order valence-corrected chi connectivity index (χ4v) is 3.75. The Morgan fingerprint density at radius 2 is 1.54 bits per heavy atom. The molecule has 1 saturated heterocycles. The minimum Gasteiger partial charge on any atom is -0.493 e. The first-order valence-electron chi connectivity index (χ1n) is 9.27. The Hall–Kier alpha value is -3.06. The highest BCUT2D eigenvalue weighted by Crippen LogP contribution is 2.39. The van der Waals surface area contributed by atoms with E-state index in [2.05, 4.69) is 21.9 Å². The maximum absolute atomic E-state index is 12.6. The van der Waals surface area contributed by atoms with E-state index < -0.39 is 11.7 Å². The van der Waals surface area contributed by atoms with Gasteiger partial charge in [0.2, 0.25) is 0 Å². The van der Waals surface area contributed by atoms with Crippen molar-refractivity contribution in [3.05, 3.63) is 48.0 Å². The van der Waals surface area contributed by atoms with E-state index in [1.165, 1.54) is 24.8 Å². The van der Waals surface area contributed by atoms with Crippen LogP contribution in [0, 0.1) is 0 Å². The first-order valence-corrected chi connectivity index (χ1v) is 9.27. The lowest BCUT2D eigenvalue weighted by molar-refractivity contribution is -0.114. The monoisotopic (exact) mass is 381 g/mol. The molecule has 0 saturated carbocycles. The summed E-state index contributed by atoms with van der Waals surface area (Å²) in [5.41, 5.74) is 2.15. The zero-order valence-electron chi connectivity index (χ0n) is 16.1. The highest BCUT2D eigenvalue weighted by Gasteiger charge is 2.38. The third-order valence-electron chi connectivity index (χ3n) is 5.31. The maximum atomic E-state index is 12.6. The van der Waals surface area contributed by atoms with Crippen molar-refractivity contribution >= 4 is 23.1 Å². The van der Waals surface area contributed by atoms with Crippen LogP contribution in [-0.2, 0) is 4.79 Å². The third kappa shape index (κ3) is 3.18. The number of amides is 1. The van der Waals surface area contributed by atoms with Crippen LogP contribution in [0.1, 0.15) is 10.4 Å². The molecule has 4 rings (SSSR count). The molecule has 146 valence electrons. The SMILES string of the molecule is COc1cc2c(cc1OC)N(CN1CCN(c3ccccc3)CC1)C(=O)C2=O. The highest BCUT2D eigenvalue weighted by atomic mass is 16.5. The Morgan fingerprint density at radius 1 is 0.893 bits per heavy atom. The standard InChI is InChI=1S/C21H23N3O4/c1-27-18-12-16-17(13-19(18)28-2)24(21(26)20(16)25)14-22-8-10-23(11-9-22)15-6-4-3-5-7-15/h3-7,12-13H,8-11,14H2,1-2H3. The zero-order valence-corrected chi connectivity index (χ0v) is 16.1. The van der Waals surface area contributed by atoms with Gasteiger partial charge in [-0.2, -0.15) is 0 Å². The van der Waals surface area contributed by atoms with Gasteiger partial charge in [0, 0.05) is 37.9 Å². The Balaban J connectivity index is 1.49. The molecule has 7 heteroatoms. The minimum absolute atomic E-state index is 0.366. The fraction of sp³-hybridized carbons (Fsp3) is 0.333. The number of piperazine rings is 1. The van der Waals surface area contributed by atoms with E-state index in [0.717, 1.165) is 26.2 Å². The van der Waals surface area contributed by atoms with Crippen LogP contribution in [0.5, 0.6) is 11.5 Å². The van der Waals surface area contributed by atoms with Crippen LogP contribution in [0.3, 0.4) is 0 Å². The van der Waals surface area contributed by atoms with E-state index in [-0.39, 0.29) is 0 Å². The molecule has 1 fully saturated rings. The van der Waals surface area contributed by atoms with Crippen LogP contribution in [-0.4, -0.2) is 63.7 Å². The summed E-state index contributed by atoms with van der Waals surface area (Å²) in [6.45, 7) is 3.76. The first-order chi connectivity index (χ1) is 13.6. The Labute approximate surface area is 164 Å². The van der Waals surface area contributed by atoms with Crippen LogP contribution in [0.4, 0.5) is 11.4 Å². The van der Waals surface area contributed by atoms with E-state index in [1.54, 1.807) is 12.1 Å². The van der Waals surface area contributed by atoms with Crippen LogP contribution < -0.4 is 19.3 Å². The zero-order chi connectivity index (χ0) is 19.7. The Morgan fingerprint density at radius 3 is 2.18 bits per heavy atom. The largest absolute Gasteiger partial charge is 0.493 e. The molecule has 0 unspecified atom stereocenters. The van der Waals surface area contributed by atoms with E-state index >= 15 is 0 Å². The van der Waals surface area contributed by atoms with E-state index in [1.807, 2.05) is 18.2 Å². The lowest BCUT2D eigenvalue weighted by Gasteiger charge is -2.37. The van der Waals surface area contributed by atoms with Crippen LogP contribution in [0.25, 0.3) is 0 Å². The number of rotatable bonds is 5. The second-order valence-corrected chi connectivity index (χ2v) is 6.87. The summed E-state index contributed by atoms with van der Waals surface area (Å²) in [7, 11) is 3.05. The number of anilines is 2. The topological polar surface area (TPSA) is 62.3 Å². The number of methoxy groups -OCH3 is 2. The summed E-state index contributed by atoms with van der Waals surface area (Å²) in [6, 6.07) is 13.6. The number of fused-ring (bicyclic) bond motifs is 1.